The van der Waals surface area contributed by atoms with Gasteiger partial charge < -0.3 is 10.3 Å². The average Bonchev–Trinajstić information content (AvgIpc) is 2.90. The summed E-state index contributed by atoms with van der Waals surface area (Å²) in [6.45, 7) is 21.6. The molecule has 1 aromatic rings. The van der Waals surface area contributed by atoms with Crippen LogP contribution < -0.4 is 21.3 Å². The molecule has 1 amide bonds. The maximum absolute atomic E-state index is 12.9. The molecule has 0 unspecified atom stereocenters. The van der Waals surface area contributed by atoms with Crippen LogP contribution in [0.2, 0.25) is 0 Å². The van der Waals surface area contributed by atoms with Crippen LogP contribution in [0.1, 0.15) is 91.9 Å². The molecule has 0 bridgehead atoms. The topological polar surface area (TPSA) is 62.0 Å². The highest BCUT2D eigenvalue weighted by Crippen LogP contribution is 2.26. The average molecular weight is 467 g/mol. The lowest BCUT2D eigenvalue weighted by molar-refractivity contribution is 0.0965. The van der Waals surface area contributed by atoms with Gasteiger partial charge in [0.1, 0.15) is 5.56 Å². The van der Waals surface area contributed by atoms with Gasteiger partial charge >= 0.3 is 0 Å². The summed E-state index contributed by atoms with van der Waals surface area (Å²) < 4.78 is 0. The zero-order valence-corrected chi connectivity index (χ0v) is 22.8. The molecule has 34 heavy (non-hydrogen) atoms. The van der Waals surface area contributed by atoms with Gasteiger partial charge in [0, 0.05) is 22.5 Å². The lowest BCUT2D eigenvalue weighted by atomic mass is 9.92. The second-order valence-electron chi connectivity index (χ2n) is 6.41. The van der Waals surface area contributed by atoms with Crippen molar-refractivity contribution in [2.75, 3.05) is 0 Å². The van der Waals surface area contributed by atoms with Gasteiger partial charge in [-0.05, 0) is 56.4 Å². The van der Waals surface area contributed by atoms with E-state index < -0.39 is 5.91 Å². The van der Waals surface area contributed by atoms with Crippen molar-refractivity contribution in [3.8, 4) is 0 Å². The number of aromatic amines is 1. The van der Waals surface area contributed by atoms with Crippen LogP contribution in [0.5, 0.6) is 0 Å². The van der Waals surface area contributed by atoms with E-state index in [0.717, 1.165) is 30.5 Å². The van der Waals surface area contributed by atoms with Gasteiger partial charge in [0.25, 0.3) is 5.91 Å². The van der Waals surface area contributed by atoms with E-state index in [-0.39, 0.29) is 11.0 Å². The summed E-state index contributed by atoms with van der Waals surface area (Å²) in [7, 11) is 0. The SMILES string of the molecule is C=C/C=c1/c(=O)c(C(=O)NC2=C(/C(=C/C=C\C)CC)CCC=C2)c[nH]/c1=C/C.CC.CC.CC. The number of aromatic nitrogens is 1. The van der Waals surface area contributed by atoms with Gasteiger partial charge in [0.05, 0.1) is 0 Å². The molecule has 0 radical (unpaired) electrons. The molecule has 1 heterocycles. The fraction of sp³-hybridized carbons (Fsp3) is 0.400. The Hall–Kier alpha value is -3.14. The van der Waals surface area contributed by atoms with E-state index in [1.54, 1.807) is 18.2 Å². The number of carbonyl (C=O) groups excluding carboxylic acids is 1. The minimum Gasteiger partial charge on any atom is -0.360 e. The monoisotopic (exact) mass is 466 g/mol. The van der Waals surface area contributed by atoms with E-state index in [0.29, 0.717) is 10.6 Å². The molecule has 2 N–H and O–H groups in total. The fourth-order valence-corrected chi connectivity index (χ4v) is 3.20. The molecule has 4 heteroatoms. The molecule has 0 aromatic carbocycles. The summed E-state index contributed by atoms with van der Waals surface area (Å²) in [4.78, 5) is 28.7. The first-order valence-corrected chi connectivity index (χ1v) is 12.6. The van der Waals surface area contributed by atoms with E-state index in [9.17, 15) is 9.59 Å². The van der Waals surface area contributed by atoms with Gasteiger partial charge in [-0.3, -0.25) is 9.59 Å². The molecule has 2 rings (SSSR count). The second-order valence-corrected chi connectivity index (χ2v) is 6.41. The molecule has 0 saturated heterocycles. The number of hydrogen-bond acceptors (Lipinski definition) is 2. The van der Waals surface area contributed by atoms with Crippen LogP contribution in [0.3, 0.4) is 0 Å². The van der Waals surface area contributed by atoms with E-state index in [1.165, 1.54) is 11.8 Å². The maximum atomic E-state index is 12.9. The summed E-state index contributed by atoms with van der Waals surface area (Å²) in [6.07, 6.45) is 19.1. The number of hydrogen-bond donors (Lipinski definition) is 2. The van der Waals surface area contributed by atoms with E-state index in [4.69, 9.17) is 0 Å². The van der Waals surface area contributed by atoms with Crippen molar-refractivity contribution in [2.24, 2.45) is 0 Å². The van der Waals surface area contributed by atoms with Gasteiger partial charge in [-0.15, -0.1) is 0 Å². The number of carbonyl (C=O) groups is 1. The van der Waals surface area contributed by atoms with Crippen LogP contribution in [-0.4, -0.2) is 10.9 Å². The summed E-state index contributed by atoms with van der Waals surface area (Å²) >= 11 is 0. The van der Waals surface area contributed by atoms with Gasteiger partial charge in [-0.25, -0.2) is 0 Å². The van der Waals surface area contributed by atoms with Crippen LogP contribution in [0.4, 0.5) is 0 Å². The first-order valence-electron chi connectivity index (χ1n) is 12.6. The molecule has 188 valence electrons. The highest BCUT2D eigenvalue weighted by molar-refractivity contribution is 5.95. The molecule has 0 fully saturated rings. The van der Waals surface area contributed by atoms with Crippen LogP contribution in [0.15, 0.2) is 70.9 Å². The van der Waals surface area contributed by atoms with E-state index in [2.05, 4.69) is 29.9 Å². The minimum absolute atomic E-state index is 0.0833. The molecule has 0 aliphatic heterocycles. The van der Waals surface area contributed by atoms with Crippen molar-refractivity contribution < 1.29 is 4.79 Å². The Balaban J connectivity index is 0. The maximum Gasteiger partial charge on any atom is 0.261 e. The lowest BCUT2D eigenvalue weighted by Gasteiger charge is -2.19. The molecule has 0 spiro atoms. The van der Waals surface area contributed by atoms with Crippen LogP contribution in [0, 0.1) is 0 Å². The predicted molar refractivity (Wildman–Crippen MR) is 151 cm³/mol. The van der Waals surface area contributed by atoms with Crippen molar-refractivity contribution in [1.29, 1.82) is 0 Å². The Labute approximate surface area is 207 Å². The van der Waals surface area contributed by atoms with Gasteiger partial charge in [0.2, 0.25) is 5.43 Å². The lowest BCUT2D eigenvalue weighted by Crippen LogP contribution is -2.45. The molecule has 0 saturated carbocycles. The van der Waals surface area contributed by atoms with Crippen LogP contribution >= 0.6 is 0 Å². The first-order chi connectivity index (χ1) is 16.6. The van der Waals surface area contributed by atoms with Crippen molar-refractivity contribution in [3.63, 3.8) is 0 Å². The zero-order chi connectivity index (χ0) is 26.5. The Morgan fingerprint density at radius 3 is 2.32 bits per heavy atom. The molecule has 1 aromatic heterocycles. The molecule has 1 aliphatic rings. The highest BCUT2D eigenvalue weighted by atomic mass is 16.2. The van der Waals surface area contributed by atoms with Crippen LogP contribution in [-0.2, 0) is 0 Å². The van der Waals surface area contributed by atoms with E-state index >= 15 is 0 Å². The smallest absolute Gasteiger partial charge is 0.261 e. The predicted octanol–water partition coefficient (Wildman–Crippen LogP) is 6.47. The standard InChI is InChI=1S/C24H28N2O2.3C2H6/c1-5-9-13-17(7-3)18-14-10-11-15-22(18)26-24(28)20-16-25-21(8-4)19(12-6-2)23(20)27;3*1-2/h5-6,8-9,11-13,15-16,25H,2,7,10,14H2,1,3-4H3,(H,26,28);3*1-2H3/b9-5-,17-13+,19-12+,21-8+;;;. The van der Waals surface area contributed by atoms with Crippen LogP contribution in [0.25, 0.3) is 12.2 Å². The Bertz CT molecular complexity index is 1050. The van der Waals surface area contributed by atoms with Crippen molar-refractivity contribution in [1.82, 2.24) is 10.3 Å². The summed E-state index contributed by atoms with van der Waals surface area (Å²) in [5, 5.41) is 4.04. The quantitative estimate of drug-likeness (QED) is 0.472. The number of nitrogens with one attached hydrogen (secondary N) is 2. The highest BCUT2D eigenvalue weighted by Gasteiger charge is 2.17. The van der Waals surface area contributed by atoms with Gasteiger partial charge in [-0.2, -0.15) is 0 Å². The molecule has 4 nitrogen and oxygen atoms in total. The number of H-pyrrole nitrogens is 1. The summed E-state index contributed by atoms with van der Waals surface area (Å²) in [5.74, 6) is -0.414. The molecule has 0 atom stereocenters. The number of amides is 1. The summed E-state index contributed by atoms with van der Waals surface area (Å²) in [5.41, 5.74) is 2.83. The third kappa shape index (κ3) is 9.78. The van der Waals surface area contributed by atoms with Crippen molar-refractivity contribution in [3.05, 3.63) is 92.4 Å². The van der Waals surface area contributed by atoms with Gasteiger partial charge in [-0.1, -0.05) is 91.5 Å². The molecular weight excluding hydrogens is 420 g/mol. The normalized spacial score (nSPS) is 13.9. The fourth-order valence-electron chi connectivity index (χ4n) is 3.20. The van der Waals surface area contributed by atoms with Crippen molar-refractivity contribution in [2.45, 2.75) is 81.6 Å². The zero-order valence-electron chi connectivity index (χ0n) is 22.8. The number of rotatable bonds is 6. The van der Waals surface area contributed by atoms with Gasteiger partial charge in [0.15, 0.2) is 0 Å². The Kier molecular flexibility index (Phi) is 19.9. The number of allylic oxidation sites excluding steroid dienone is 8. The molecule has 1 aliphatic carbocycles. The number of pyridine rings is 1. The third-order valence-electron chi connectivity index (χ3n) is 4.65. The molecular formula is C30H46N2O2. The Morgan fingerprint density at radius 2 is 1.79 bits per heavy atom. The third-order valence-corrected chi connectivity index (χ3v) is 4.65. The second kappa shape index (κ2) is 20.5. The van der Waals surface area contributed by atoms with Crippen molar-refractivity contribution >= 4 is 18.1 Å². The largest absolute Gasteiger partial charge is 0.360 e. The first kappa shape index (κ1) is 33.0. The van der Waals surface area contributed by atoms with E-state index in [1.807, 2.05) is 79.7 Å². The summed E-state index contributed by atoms with van der Waals surface area (Å²) in [6, 6.07) is 0. The minimum atomic E-state index is -0.414. The Morgan fingerprint density at radius 1 is 1.15 bits per heavy atom.